The first-order chi connectivity index (χ1) is 13.9. The first-order valence-corrected chi connectivity index (χ1v) is 9.36. The zero-order valence-electron chi connectivity index (χ0n) is 16.1. The Morgan fingerprint density at radius 2 is 0.833 bits per heavy atom. The molecule has 0 unspecified atom stereocenters. The predicted octanol–water partition coefficient (Wildman–Crippen LogP) is 8.36. The van der Waals surface area contributed by atoms with Gasteiger partial charge in [0.25, 0.3) is 0 Å². The summed E-state index contributed by atoms with van der Waals surface area (Å²) in [6.07, 6.45) is 0. The Morgan fingerprint density at radius 3 is 1.30 bits per heavy atom. The third kappa shape index (κ3) is 4.02. The molecule has 0 amide bonds. The van der Waals surface area contributed by atoms with Crippen LogP contribution in [0.5, 0.6) is 0 Å². The van der Waals surface area contributed by atoms with Gasteiger partial charge in [0.1, 0.15) is 5.82 Å². The average molecular weight is 404 g/mol. The molecule has 0 bridgehead atoms. The molecule has 0 saturated carbocycles. The summed E-state index contributed by atoms with van der Waals surface area (Å²) in [5.74, 6) is -2.39. The number of hydrogen-bond acceptors (Lipinski definition) is 0. The van der Waals surface area contributed by atoms with Crippen molar-refractivity contribution >= 4 is 0 Å². The molecule has 0 N–H and O–H groups in total. The minimum Gasteiger partial charge on any atom is -0.206 e. The van der Waals surface area contributed by atoms with E-state index >= 15 is 0 Å². The molecule has 4 aromatic carbocycles. The van der Waals surface area contributed by atoms with Gasteiger partial charge in [-0.1, -0.05) is 91.3 Å². The fourth-order valence-corrected chi connectivity index (χ4v) is 3.38. The Bertz CT molecular complexity index is 1170. The normalized spacial score (nSPS) is 10.6. The number of rotatable bonds is 3. The Hall–Kier alpha value is -3.33. The summed E-state index contributed by atoms with van der Waals surface area (Å²) in [6, 6.07) is 22.2. The van der Waals surface area contributed by atoms with Crippen LogP contribution in [-0.4, -0.2) is 0 Å². The van der Waals surface area contributed by atoms with Gasteiger partial charge in [-0.3, -0.25) is 0 Å². The lowest BCUT2D eigenvalue weighted by molar-refractivity contribution is 0.513. The summed E-state index contributed by atoms with van der Waals surface area (Å²) in [7, 11) is 0. The van der Waals surface area contributed by atoms with Crippen LogP contribution >= 0.6 is 0 Å². The zero-order chi connectivity index (χ0) is 20.5. The topological polar surface area (TPSA) is 0 Å². The molecule has 0 aliphatic carbocycles. The van der Waals surface area contributed by atoms with E-state index in [1.807, 2.05) is 50.2 Å². The quantitative estimate of drug-likeness (QED) is 0.322. The van der Waals surface area contributed by atoms with Crippen molar-refractivity contribution < 1.29 is 13.2 Å². The van der Waals surface area contributed by atoms with Gasteiger partial charge in [-0.15, -0.1) is 0 Å². The molecule has 0 nitrogen and oxygen atoms in total. The third-order valence-corrected chi connectivity index (χ3v) is 5.09. The maximum absolute atomic E-state index is 14.8. The van der Waals surface area contributed by atoms with Crippen LogP contribution < -0.4 is 0 Å². The maximum atomic E-state index is 14.8. The lowest BCUT2D eigenvalue weighted by Gasteiger charge is -2.11. The highest BCUT2D eigenvalue weighted by Crippen LogP contribution is 2.33. The highest BCUT2D eigenvalue weighted by Gasteiger charge is 2.17. The van der Waals surface area contributed by atoms with Crippen LogP contribution in [0, 0.1) is 31.3 Å². The van der Waals surface area contributed by atoms with E-state index in [1.165, 1.54) is 18.2 Å². The second-order valence-electron chi connectivity index (χ2n) is 7.22. The van der Waals surface area contributed by atoms with Crippen LogP contribution in [0.3, 0.4) is 0 Å². The van der Waals surface area contributed by atoms with Crippen molar-refractivity contribution in [3.05, 3.63) is 107 Å². The Morgan fingerprint density at radius 1 is 0.467 bits per heavy atom. The molecule has 152 valence electrons. The van der Waals surface area contributed by atoms with Gasteiger partial charge in [-0.05, 0) is 36.6 Å². The molecule has 0 aliphatic rings. The minimum absolute atomic E-state index is 0. The molecular formula is C27H23F3. The molecule has 0 heterocycles. The monoisotopic (exact) mass is 404 g/mol. The van der Waals surface area contributed by atoms with Crippen LogP contribution in [0.4, 0.5) is 13.2 Å². The smallest absolute Gasteiger partial charge is 0.167 e. The first kappa shape index (κ1) is 21.4. The van der Waals surface area contributed by atoms with Crippen LogP contribution in [0.15, 0.2) is 78.9 Å². The summed E-state index contributed by atoms with van der Waals surface area (Å²) in [5.41, 5.74) is 4.39. The van der Waals surface area contributed by atoms with E-state index in [-0.39, 0.29) is 18.6 Å². The molecule has 0 radical (unpaired) electrons. The first-order valence-electron chi connectivity index (χ1n) is 9.36. The van der Waals surface area contributed by atoms with Crippen molar-refractivity contribution in [1.82, 2.24) is 0 Å². The van der Waals surface area contributed by atoms with Crippen molar-refractivity contribution in [3.63, 3.8) is 0 Å². The summed E-state index contributed by atoms with van der Waals surface area (Å²) >= 11 is 0. The lowest BCUT2D eigenvalue weighted by Crippen LogP contribution is -1.95. The van der Waals surface area contributed by atoms with Gasteiger partial charge in [0.05, 0.1) is 0 Å². The highest BCUT2D eigenvalue weighted by molar-refractivity contribution is 5.74. The van der Waals surface area contributed by atoms with E-state index in [0.29, 0.717) is 16.7 Å². The maximum Gasteiger partial charge on any atom is 0.167 e. The van der Waals surface area contributed by atoms with Crippen LogP contribution in [0.1, 0.15) is 18.6 Å². The summed E-state index contributed by atoms with van der Waals surface area (Å²) in [5, 5.41) is 0. The average Bonchev–Trinajstić information content (AvgIpc) is 2.72. The van der Waals surface area contributed by atoms with Crippen molar-refractivity contribution in [3.8, 4) is 33.4 Å². The van der Waals surface area contributed by atoms with Gasteiger partial charge < -0.3 is 0 Å². The lowest BCUT2D eigenvalue weighted by atomic mass is 9.96. The summed E-state index contributed by atoms with van der Waals surface area (Å²) in [6.45, 7) is 3.89. The van der Waals surface area contributed by atoms with Gasteiger partial charge >= 0.3 is 0 Å². The molecule has 0 fully saturated rings. The van der Waals surface area contributed by atoms with E-state index in [0.717, 1.165) is 16.7 Å². The Labute approximate surface area is 175 Å². The Kier molecular flexibility index (Phi) is 6.12. The van der Waals surface area contributed by atoms with E-state index in [2.05, 4.69) is 0 Å². The molecule has 30 heavy (non-hydrogen) atoms. The van der Waals surface area contributed by atoms with Gasteiger partial charge in [-0.25, -0.2) is 13.2 Å². The van der Waals surface area contributed by atoms with Crippen LogP contribution in [0.2, 0.25) is 0 Å². The Balaban J connectivity index is 0.00000256. The van der Waals surface area contributed by atoms with Crippen LogP contribution in [0.25, 0.3) is 33.4 Å². The van der Waals surface area contributed by atoms with E-state index in [1.54, 1.807) is 24.3 Å². The summed E-state index contributed by atoms with van der Waals surface area (Å²) in [4.78, 5) is 0. The van der Waals surface area contributed by atoms with Crippen molar-refractivity contribution in [1.29, 1.82) is 0 Å². The SMILES string of the molecule is C.Cc1ccc(-c2ccc(-c3ccc(-c4ccc(C)cc4)c(F)c3F)cc2F)cc1. The predicted molar refractivity (Wildman–Crippen MR) is 119 cm³/mol. The fraction of sp³-hybridized carbons (Fsp3) is 0.111. The van der Waals surface area contributed by atoms with Crippen molar-refractivity contribution in [2.75, 3.05) is 0 Å². The van der Waals surface area contributed by atoms with Crippen molar-refractivity contribution in [2.45, 2.75) is 21.3 Å². The molecule has 0 spiro atoms. The van der Waals surface area contributed by atoms with E-state index in [9.17, 15) is 13.2 Å². The molecular weight excluding hydrogens is 381 g/mol. The second kappa shape index (κ2) is 8.58. The van der Waals surface area contributed by atoms with Gasteiger partial charge in [0.15, 0.2) is 11.6 Å². The molecule has 3 heteroatoms. The molecule has 4 rings (SSSR count). The van der Waals surface area contributed by atoms with Crippen molar-refractivity contribution in [2.24, 2.45) is 0 Å². The van der Waals surface area contributed by atoms with Gasteiger partial charge in [0.2, 0.25) is 0 Å². The fourth-order valence-electron chi connectivity index (χ4n) is 3.38. The van der Waals surface area contributed by atoms with E-state index < -0.39 is 17.5 Å². The molecule has 0 aliphatic heterocycles. The number of hydrogen-bond donors (Lipinski definition) is 0. The number of benzene rings is 4. The van der Waals surface area contributed by atoms with Gasteiger partial charge in [-0.2, -0.15) is 0 Å². The molecule has 0 atom stereocenters. The molecule has 0 saturated heterocycles. The van der Waals surface area contributed by atoms with E-state index in [4.69, 9.17) is 0 Å². The standard InChI is InChI=1S/C26H19F3.CH4/c1-16-3-7-18(8-4-16)21-12-11-20(15-24(21)27)23-14-13-22(25(28)26(23)29)19-9-5-17(2)6-10-19;/h3-15H,1-2H3;1H4. The summed E-state index contributed by atoms with van der Waals surface area (Å²) < 4.78 is 44.3. The molecule has 0 aromatic heterocycles. The number of aryl methyl sites for hydroxylation is 2. The number of halogens is 3. The zero-order valence-corrected chi connectivity index (χ0v) is 16.1. The van der Waals surface area contributed by atoms with Crippen LogP contribution in [-0.2, 0) is 0 Å². The third-order valence-electron chi connectivity index (χ3n) is 5.09. The molecule has 4 aromatic rings. The largest absolute Gasteiger partial charge is 0.206 e. The highest BCUT2D eigenvalue weighted by atomic mass is 19.2. The second-order valence-corrected chi connectivity index (χ2v) is 7.22. The minimum atomic E-state index is -0.981. The van der Waals surface area contributed by atoms with Gasteiger partial charge in [0, 0.05) is 16.7 Å².